The normalized spacial score (nSPS) is 15.4. The van der Waals surface area contributed by atoms with Crippen LogP contribution < -0.4 is 10.6 Å². The standard InChI is InChI=1S/C16H23N3O2.ClH/c1-12(10-17-2)16(21)18-14-7-5-13(6-8-14)11-19-9-3-4-15(19)20;/h5-8,12,17H,3-4,9-11H2,1-2H3,(H,18,21);1H. The van der Waals surface area contributed by atoms with Gasteiger partial charge in [0.05, 0.1) is 0 Å². The molecule has 1 aliphatic heterocycles. The summed E-state index contributed by atoms with van der Waals surface area (Å²) < 4.78 is 0. The summed E-state index contributed by atoms with van der Waals surface area (Å²) >= 11 is 0. The highest BCUT2D eigenvalue weighted by Crippen LogP contribution is 2.16. The molecule has 1 heterocycles. The number of amides is 2. The van der Waals surface area contributed by atoms with Gasteiger partial charge in [0.2, 0.25) is 11.8 Å². The van der Waals surface area contributed by atoms with E-state index in [1.54, 1.807) is 0 Å². The van der Waals surface area contributed by atoms with Crippen molar-refractivity contribution in [1.29, 1.82) is 0 Å². The second-order valence-corrected chi connectivity index (χ2v) is 5.56. The number of nitrogens with zero attached hydrogens (tertiary/aromatic N) is 1. The van der Waals surface area contributed by atoms with Gasteiger partial charge in [0, 0.05) is 37.7 Å². The zero-order valence-electron chi connectivity index (χ0n) is 13.1. The van der Waals surface area contributed by atoms with E-state index in [9.17, 15) is 9.59 Å². The van der Waals surface area contributed by atoms with Gasteiger partial charge >= 0.3 is 0 Å². The van der Waals surface area contributed by atoms with Gasteiger partial charge in [0.15, 0.2) is 0 Å². The second kappa shape index (κ2) is 8.76. The smallest absolute Gasteiger partial charge is 0.228 e. The van der Waals surface area contributed by atoms with Crippen molar-refractivity contribution >= 4 is 29.9 Å². The Morgan fingerprint density at radius 2 is 2.00 bits per heavy atom. The lowest BCUT2D eigenvalue weighted by molar-refractivity contribution is -0.128. The average molecular weight is 326 g/mol. The maximum absolute atomic E-state index is 11.9. The fourth-order valence-electron chi connectivity index (χ4n) is 2.45. The van der Waals surface area contributed by atoms with E-state index in [1.165, 1.54) is 0 Å². The second-order valence-electron chi connectivity index (χ2n) is 5.56. The SMILES string of the molecule is CNCC(C)C(=O)Nc1ccc(CN2CCCC2=O)cc1.Cl. The number of hydrogen-bond acceptors (Lipinski definition) is 3. The molecule has 0 radical (unpaired) electrons. The molecule has 1 saturated heterocycles. The summed E-state index contributed by atoms with van der Waals surface area (Å²) in [6.45, 7) is 4.04. The van der Waals surface area contributed by atoms with Crippen LogP contribution in [0.3, 0.4) is 0 Å². The number of benzene rings is 1. The van der Waals surface area contributed by atoms with Crippen LogP contribution in [0.4, 0.5) is 5.69 Å². The summed E-state index contributed by atoms with van der Waals surface area (Å²) in [4.78, 5) is 25.4. The molecule has 0 saturated carbocycles. The van der Waals surface area contributed by atoms with E-state index in [4.69, 9.17) is 0 Å². The van der Waals surface area contributed by atoms with Crippen molar-refractivity contribution in [3.05, 3.63) is 29.8 Å². The molecule has 6 heteroatoms. The third-order valence-corrected chi connectivity index (χ3v) is 3.72. The molecule has 5 nitrogen and oxygen atoms in total. The van der Waals surface area contributed by atoms with E-state index in [1.807, 2.05) is 43.1 Å². The topological polar surface area (TPSA) is 61.4 Å². The first-order valence-electron chi connectivity index (χ1n) is 7.42. The number of likely N-dealkylation sites (tertiary alicyclic amines) is 1. The van der Waals surface area contributed by atoms with Crippen LogP contribution in [0.15, 0.2) is 24.3 Å². The summed E-state index contributed by atoms with van der Waals surface area (Å²) in [5.41, 5.74) is 1.88. The molecular formula is C16H24ClN3O2. The molecular weight excluding hydrogens is 302 g/mol. The lowest BCUT2D eigenvalue weighted by Crippen LogP contribution is -2.28. The zero-order chi connectivity index (χ0) is 15.2. The summed E-state index contributed by atoms with van der Waals surface area (Å²) in [6, 6.07) is 7.70. The molecule has 22 heavy (non-hydrogen) atoms. The van der Waals surface area contributed by atoms with Crippen LogP contribution >= 0.6 is 12.4 Å². The van der Waals surface area contributed by atoms with Crippen molar-refractivity contribution in [2.75, 3.05) is 25.5 Å². The number of rotatable bonds is 6. The Kier molecular flexibility index (Phi) is 7.35. The molecule has 1 atom stereocenters. The van der Waals surface area contributed by atoms with Gasteiger partial charge in [-0.2, -0.15) is 0 Å². The first-order valence-corrected chi connectivity index (χ1v) is 7.42. The van der Waals surface area contributed by atoms with Gasteiger partial charge in [-0.25, -0.2) is 0 Å². The van der Waals surface area contributed by atoms with E-state index in [0.717, 1.165) is 24.2 Å². The lowest BCUT2D eigenvalue weighted by Gasteiger charge is -2.16. The summed E-state index contributed by atoms with van der Waals surface area (Å²) in [5.74, 6) is 0.164. The van der Waals surface area contributed by atoms with Gasteiger partial charge in [-0.3, -0.25) is 9.59 Å². The number of hydrogen-bond donors (Lipinski definition) is 2. The monoisotopic (exact) mass is 325 g/mol. The predicted octanol–water partition coefficient (Wildman–Crippen LogP) is 2.02. The Labute approximate surface area is 137 Å². The molecule has 0 bridgehead atoms. The summed E-state index contributed by atoms with van der Waals surface area (Å²) in [5, 5.41) is 5.89. The molecule has 1 aromatic rings. The number of nitrogens with one attached hydrogen (secondary N) is 2. The molecule has 1 unspecified atom stereocenters. The number of anilines is 1. The third kappa shape index (κ3) is 5.00. The molecule has 1 fully saturated rings. The maximum atomic E-state index is 11.9. The zero-order valence-corrected chi connectivity index (χ0v) is 13.9. The van der Waals surface area contributed by atoms with Gasteiger partial charge in [0.25, 0.3) is 0 Å². The number of carbonyl (C=O) groups is 2. The van der Waals surface area contributed by atoms with Gasteiger partial charge < -0.3 is 15.5 Å². The highest BCUT2D eigenvalue weighted by atomic mass is 35.5. The van der Waals surface area contributed by atoms with Crippen LogP contribution in [0, 0.1) is 5.92 Å². The third-order valence-electron chi connectivity index (χ3n) is 3.72. The molecule has 1 aromatic carbocycles. The first kappa shape index (κ1) is 18.5. The molecule has 122 valence electrons. The largest absolute Gasteiger partial charge is 0.338 e. The molecule has 2 rings (SSSR count). The van der Waals surface area contributed by atoms with Crippen molar-refractivity contribution in [2.24, 2.45) is 5.92 Å². The molecule has 0 aromatic heterocycles. The molecule has 0 aliphatic carbocycles. The average Bonchev–Trinajstić information content (AvgIpc) is 2.86. The molecule has 2 N–H and O–H groups in total. The van der Waals surface area contributed by atoms with Crippen LogP contribution in [0.25, 0.3) is 0 Å². The minimum atomic E-state index is -0.0723. The van der Waals surface area contributed by atoms with Crippen molar-refractivity contribution in [2.45, 2.75) is 26.3 Å². The van der Waals surface area contributed by atoms with Gasteiger partial charge in [-0.1, -0.05) is 19.1 Å². The van der Waals surface area contributed by atoms with Crippen molar-refractivity contribution in [1.82, 2.24) is 10.2 Å². The Balaban J connectivity index is 0.00000242. The van der Waals surface area contributed by atoms with E-state index in [0.29, 0.717) is 19.5 Å². The minimum absolute atomic E-state index is 0. The van der Waals surface area contributed by atoms with Crippen molar-refractivity contribution in [3.63, 3.8) is 0 Å². The van der Waals surface area contributed by atoms with Gasteiger partial charge in [-0.15, -0.1) is 12.4 Å². The molecule has 0 spiro atoms. The van der Waals surface area contributed by atoms with E-state index in [2.05, 4.69) is 10.6 Å². The molecule has 2 amide bonds. The van der Waals surface area contributed by atoms with Crippen molar-refractivity contribution < 1.29 is 9.59 Å². The molecule has 1 aliphatic rings. The highest BCUT2D eigenvalue weighted by Gasteiger charge is 2.19. The summed E-state index contributed by atoms with van der Waals surface area (Å²) in [7, 11) is 1.83. The van der Waals surface area contributed by atoms with Gasteiger partial charge in [-0.05, 0) is 31.2 Å². The van der Waals surface area contributed by atoms with Crippen LogP contribution in [-0.2, 0) is 16.1 Å². The van der Waals surface area contributed by atoms with Crippen LogP contribution in [-0.4, -0.2) is 36.9 Å². The number of carbonyl (C=O) groups excluding carboxylic acids is 2. The van der Waals surface area contributed by atoms with E-state index < -0.39 is 0 Å². The lowest BCUT2D eigenvalue weighted by atomic mass is 10.1. The summed E-state index contributed by atoms with van der Waals surface area (Å²) in [6.07, 6.45) is 1.62. The predicted molar refractivity (Wildman–Crippen MR) is 90.1 cm³/mol. The van der Waals surface area contributed by atoms with E-state index >= 15 is 0 Å². The van der Waals surface area contributed by atoms with Crippen LogP contribution in [0.5, 0.6) is 0 Å². The van der Waals surface area contributed by atoms with Gasteiger partial charge in [0.1, 0.15) is 0 Å². The van der Waals surface area contributed by atoms with Crippen LogP contribution in [0.1, 0.15) is 25.3 Å². The first-order chi connectivity index (χ1) is 10.1. The quantitative estimate of drug-likeness (QED) is 0.841. The fraction of sp³-hybridized carbons (Fsp3) is 0.500. The Morgan fingerprint density at radius 3 is 2.55 bits per heavy atom. The number of halogens is 1. The van der Waals surface area contributed by atoms with Crippen LogP contribution in [0.2, 0.25) is 0 Å². The maximum Gasteiger partial charge on any atom is 0.228 e. The minimum Gasteiger partial charge on any atom is -0.338 e. The fourth-order valence-corrected chi connectivity index (χ4v) is 2.45. The van der Waals surface area contributed by atoms with Crippen molar-refractivity contribution in [3.8, 4) is 0 Å². The highest BCUT2D eigenvalue weighted by molar-refractivity contribution is 5.92. The Bertz CT molecular complexity index is 505. The Morgan fingerprint density at radius 1 is 1.32 bits per heavy atom. The Hall–Kier alpha value is -1.59. The van der Waals surface area contributed by atoms with E-state index in [-0.39, 0.29) is 30.1 Å².